The number of rotatable bonds is 6. The summed E-state index contributed by atoms with van der Waals surface area (Å²) in [6.45, 7) is 3.78. The topological polar surface area (TPSA) is 108 Å². The van der Waals surface area contributed by atoms with Crippen LogP contribution in [0.15, 0.2) is 30.3 Å². The highest BCUT2D eigenvalue weighted by Gasteiger charge is 2.28. The van der Waals surface area contributed by atoms with Crippen molar-refractivity contribution in [1.82, 2.24) is 15.5 Å². The Bertz CT molecular complexity index is 603. The number of ether oxygens (including phenoxy) is 1. The fraction of sp³-hybridized carbons (Fsp3) is 0.526. The average Bonchev–Trinajstić information content (AvgIpc) is 3.11. The maximum absolute atomic E-state index is 11.9. The molecule has 148 valence electrons. The van der Waals surface area contributed by atoms with E-state index in [2.05, 4.69) is 39.8 Å². The number of nitrogens with one attached hydrogen (secondary N) is 2. The van der Waals surface area contributed by atoms with Gasteiger partial charge in [0.2, 0.25) is 5.91 Å². The molecule has 3 rings (SSSR count). The molecule has 0 aromatic heterocycles. The van der Waals surface area contributed by atoms with Gasteiger partial charge >= 0.3 is 6.09 Å². The summed E-state index contributed by atoms with van der Waals surface area (Å²) in [5.74, 6) is 0.508. The van der Waals surface area contributed by atoms with E-state index in [1.54, 1.807) is 0 Å². The molecule has 3 N–H and O–H groups in total. The third-order valence-electron chi connectivity index (χ3n) is 4.80. The largest absolute Gasteiger partial charge is 0.483 e. The summed E-state index contributed by atoms with van der Waals surface area (Å²) in [7, 11) is 0. The third kappa shape index (κ3) is 7.26. The van der Waals surface area contributed by atoms with Gasteiger partial charge in [-0.3, -0.25) is 14.5 Å². The molecule has 2 aliphatic rings. The highest BCUT2D eigenvalue weighted by molar-refractivity contribution is 5.87. The van der Waals surface area contributed by atoms with Gasteiger partial charge in [-0.05, 0) is 43.8 Å². The number of carbonyl (C=O) groups excluding carboxylic acids is 2. The van der Waals surface area contributed by atoms with Crippen LogP contribution in [0.25, 0.3) is 0 Å². The minimum atomic E-state index is -0.537. The highest BCUT2D eigenvalue weighted by Crippen LogP contribution is 2.21. The van der Waals surface area contributed by atoms with E-state index in [4.69, 9.17) is 14.6 Å². The molecule has 27 heavy (non-hydrogen) atoms. The summed E-state index contributed by atoms with van der Waals surface area (Å²) in [4.78, 5) is 33.7. The molecular formula is C19H27N3O5. The van der Waals surface area contributed by atoms with E-state index >= 15 is 0 Å². The first-order valence-corrected chi connectivity index (χ1v) is 9.17. The Balaban J connectivity index is 0.000000817. The van der Waals surface area contributed by atoms with E-state index in [9.17, 15) is 9.59 Å². The number of alkyl carbamates (subject to hydrolysis) is 1. The minimum Gasteiger partial charge on any atom is -0.483 e. The van der Waals surface area contributed by atoms with E-state index < -0.39 is 12.1 Å². The number of likely N-dealkylation sites (tertiary alicyclic amines) is 1. The van der Waals surface area contributed by atoms with Crippen LogP contribution in [-0.4, -0.2) is 60.8 Å². The number of carboxylic acid groups (broad SMARTS) is 1. The van der Waals surface area contributed by atoms with Gasteiger partial charge in [-0.15, -0.1) is 0 Å². The zero-order valence-electron chi connectivity index (χ0n) is 15.3. The Kier molecular flexibility index (Phi) is 8.57. The van der Waals surface area contributed by atoms with Crippen molar-refractivity contribution in [2.45, 2.75) is 31.8 Å². The molecule has 0 bridgehead atoms. The molecular weight excluding hydrogens is 350 g/mol. The van der Waals surface area contributed by atoms with Crippen LogP contribution in [0.4, 0.5) is 4.79 Å². The lowest BCUT2D eigenvalue weighted by Gasteiger charge is -2.32. The molecule has 8 nitrogen and oxygen atoms in total. The van der Waals surface area contributed by atoms with Crippen molar-refractivity contribution in [1.29, 1.82) is 0 Å². The van der Waals surface area contributed by atoms with Crippen LogP contribution in [0, 0.1) is 5.92 Å². The first kappa shape index (κ1) is 20.7. The summed E-state index contributed by atoms with van der Waals surface area (Å²) in [5, 5.41) is 12.3. The van der Waals surface area contributed by atoms with Crippen molar-refractivity contribution in [3.63, 3.8) is 0 Å². The predicted octanol–water partition coefficient (Wildman–Crippen LogP) is 1.21. The fourth-order valence-corrected chi connectivity index (χ4v) is 3.32. The van der Waals surface area contributed by atoms with Crippen molar-refractivity contribution in [3.8, 4) is 0 Å². The van der Waals surface area contributed by atoms with E-state index in [1.165, 1.54) is 18.4 Å². The number of hydrogen-bond acceptors (Lipinski definition) is 5. The molecule has 0 saturated carbocycles. The van der Waals surface area contributed by atoms with Crippen LogP contribution in [0.1, 0.15) is 24.8 Å². The normalized spacial score (nSPS) is 20.0. The first-order chi connectivity index (χ1) is 13.1. The summed E-state index contributed by atoms with van der Waals surface area (Å²) in [5.41, 5.74) is 1.36. The number of carbonyl (C=O) groups is 3. The van der Waals surface area contributed by atoms with Gasteiger partial charge in [-0.1, -0.05) is 30.3 Å². The molecule has 2 amide bonds. The summed E-state index contributed by atoms with van der Waals surface area (Å²) in [6, 6.07) is 10.0. The van der Waals surface area contributed by atoms with Gasteiger partial charge in [-0.25, -0.2) is 4.79 Å². The van der Waals surface area contributed by atoms with Gasteiger partial charge in [0.25, 0.3) is 6.47 Å². The quantitative estimate of drug-likeness (QED) is 0.643. The fourth-order valence-electron chi connectivity index (χ4n) is 3.32. The molecule has 8 heteroatoms. The van der Waals surface area contributed by atoms with Crippen LogP contribution in [0.5, 0.6) is 0 Å². The predicted molar refractivity (Wildman–Crippen MR) is 99.0 cm³/mol. The number of hydrogen-bond donors (Lipinski definition) is 3. The molecule has 1 aromatic rings. The zero-order chi connectivity index (χ0) is 19.5. The average molecular weight is 377 g/mol. The molecule has 2 saturated heterocycles. The van der Waals surface area contributed by atoms with Gasteiger partial charge < -0.3 is 20.5 Å². The molecule has 1 aromatic carbocycles. The maximum atomic E-state index is 11.9. The number of cyclic esters (lactones) is 1. The van der Waals surface area contributed by atoms with Crippen molar-refractivity contribution < 1.29 is 24.2 Å². The van der Waals surface area contributed by atoms with E-state index in [-0.39, 0.29) is 19.0 Å². The Hall–Kier alpha value is -2.61. The second-order valence-electron chi connectivity index (χ2n) is 6.69. The molecule has 2 aliphatic heterocycles. The monoisotopic (exact) mass is 377 g/mol. The smallest absolute Gasteiger partial charge is 0.407 e. The summed E-state index contributed by atoms with van der Waals surface area (Å²) >= 11 is 0. The van der Waals surface area contributed by atoms with Crippen LogP contribution in [-0.2, 0) is 20.9 Å². The van der Waals surface area contributed by atoms with E-state index in [0.717, 1.165) is 26.1 Å². The van der Waals surface area contributed by atoms with Gasteiger partial charge in [0.1, 0.15) is 12.6 Å². The molecule has 0 radical (unpaired) electrons. The second kappa shape index (κ2) is 11.2. The zero-order valence-corrected chi connectivity index (χ0v) is 15.3. The summed E-state index contributed by atoms with van der Waals surface area (Å²) in [6.07, 6.45) is 2.82. The Labute approximate surface area is 158 Å². The second-order valence-corrected chi connectivity index (χ2v) is 6.69. The lowest BCUT2D eigenvalue weighted by Crippen LogP contribution is -2.43. The number of nitrogens with zero attached hydrogens (tertiary/aromatic N) is 1. The van der Waals surface area contributed by atoms with Crippen LogP contribution < -0.4 is 10.6 Å². The Morgan fingerprint density at radius 2 is 1.96 bits per heavy atom. The lowest BCUT2D eigenvalue weighted by atomic mass is 9.93. The van der Waals surface area contributed by atoms with Crippen LogP contribution in [0.3, 0.4) is 0 Å². The number of benzene rings is 1. The maximum Gasteiger partial charge on any atom is 0.407 e. The van der Waals surface area contributed by atoms with E-state index in [0.29, 0.717) is 12.5 Å². The van der Waals surface area contributed by atoms with Crippen molar-refractivity contribution >= 4 is 18.5 Å². The third-order valence-corrected chi connectivity index (χ3v) is 4.80. The highest BCUT2D eigenvalue weighted by atomic mass is 16.6. The van der Waals surface area contributed by atoms with Crippen molar-refractivity contribution in [2.24, 2.45) is 5.92 Å². The van der Waals surface area contributed by atoms with E-state index in [1.807, 2.05) is 6.07 Å². The van der Waals surface area contributed by atoms with Crippen LogP contribution in [0.2, 0.25) is 0 Å². The standard InChI is InChI=1S/C18H25N3O3.CH2O2/c22-17(16-13-24-18(23)20-16)19-9-6-14-7-10-21(11-8-14)12-15-4-2-1-3-5-15;2-1-3/h1-5,14,16H,6-13H2,(H,19,22)(H,20,23);1H,(H,2,3)/t16-;/m0./s1. The van der Waals surface area contributed by atoms with Crippen LogP contribution >= 0.6 is 0 Å². The molecule has 0 unspecified atom stereocenters. The summed E-state index contributed by atoms with van der Waals surface area (Å²) < 4.78 is 4.73. The van der Waals surface area contributed by atoms with Crippen molar-refractivity contribution in [2.75, 3.05) is 26.2 Å². The van der Waals surface area contributed by atoms with Gasteiger partial charge in [-0.2, -0.15) is 0 Å². The molecule has 2 heterocycles. The minimum absolute atomic E-state index is 0.128. The molecule has 0 aliphatic carbocycles. The Morgan fingerprint density at radius 1 is 1.30 bits per heavy atom. The van der Waals surface area contributed by atoms with Gasteiger partial charge in [0, 0.05) is 13.1 Å². The lowest BCUT2D eigenvalue weighted by molar-refractivity contribution is -0.123. The first-order valence-electron chi connectivity index (χ1n) is 9.17. The molecule has 2 fully saturated rings. The van der Waals surface area contributed by atoms with Gasteiger partial charge in [0.15, 0.2) is 0 Å². The van der Waals surface area contributed by atoms with Crippen molar-refractivity contribution in [3.05, 3.63) is 35.9 Å². The molecule has 1 atom stereocenters. The molecule has 0 spiro atoms. The van der Waals surface area contributed by atoms with Gasteiger partial charge in [0.05, 0.1) is 0 Å². The number of amides is 2. The number of piperidine rings is 1. The Morgan fingerprint density at radius 3 is 2.56 bits per heavy atom. The SMILES string of the molecule is O=C1N[C@H](C(=O)NCCC2CCN(Cc3ccccc3)CC2)CO1.O=CO.